The highest BCUT2D eigenvalue weighted by Gasteiger charge is 2.20. The van der Waals surface area contributed by atoms with Crippen LogP contribution in [0.5, 0.6) is 11.5 Å². The summed E-state index contributed by atoms with van der Waals surface area (Å²) in [7, 11) is 0. The molecule has 0 atom stereocenters. The van der Waals surface area contributed by atoms with Gasteiger partial charge in [-0.2, -0.15) is 0 Å². The third-order valence-electron chi connectivity index (χ3n) is 3.00. The number of rotatable bonds is 2. The molecule has 0 saturated heterocycles. The van der Waals surface area contributed by atoms with Gasteiger partial charge in [-0.1, -0.05) is 31.9 Å². The Bertz CT molecular complexity index is 708. The summed E-state index contributed by atoms with van der Waals surface area (Å²) in [6, 6.07) is 8.95. The molecule has 108 valence electrons. The van der Waals surface area contributed by atoms with Crippen molar-refractivity contribution in [2.75, 3.05) is 13.2 Å². The molecule has 0 aliphatic carbocycles. The first kappa shape index (κ1) is 15.1. The fourth-order valence-electron chi connectivity index (χ4n) is 2.08. The minimum atomic E-state index is -0.0825. The summed E-state index contributed by atoms with van der Waals surface area (Å²) in [6.07, 6.45) is 0. The van der Waals surface area contributed by atoms with E-state index in [-0.39, 0.29) is 5.78 Å². The molecule has 0 spiro atoms. The molecule has 0 fully saturated rings. The van der Waals surface area contributed by atoms with Gasteiger partial charge in [-0.05, 0) is 46.3 Å². The maximum absolute atomic E-state index is 12.7. The minimum Gasteiger partial charge on any atom is -0.486 e. The Morgan fingerprint density at radius 1 is 0.857 bits per heavy atom. The Morgan fingerprint density at radius 2 is 1.43 bits per heavy atom. The molecule has 0 bridgehead atoms. The third kappa shape index (κ3) is 3.17. The molecule has 0 saturated carbocycles. The maximum Gasteiger partial charge on any atom is 0.194 e. The van der Waals surface area contributed by atoms with Crippen LogP contribution in [0.15, 0.2) is 43.7 Å². The predicted octanol–water partition coefficient (Wildman–Crippen LogP) is 4.98. The summed E-state index contributed by atoms with van der Waals surface area (Å²) in [6.45, 7) is 1.01. The third-order valence-corrected chi connectivity index (χ3v) is 4.57. The fourth-order valence-corrected chi connectivity index (χ4v) is 3.87. The normalized spacial score (nSPS) is 13.1. The van der Waals surface area contributed by atoms with Gasteiger partial charge < -0.3 is 9.47 Å². The average Bonchev–Trinajstić information content (AvgIpc) is 2.44. The lowest BCUT2D eigenvalue weighted by Gasteiger charge is -2.19. The topological polar surface area (TPSA) is 35.5 Å². The highest BCUT2D eigenvalue weighted by molar-refractivity contribution is 9.11. The van der Waals surface area contributed by atoms with Gasteiger partial charge in [0.05, 0.1) is 0 Å². The average molecular weight is 477 g/mol. The number of halogens is 3. The van der Waals surface area contributed by atoms with E-state index in [1.54, 1.807) is 24.3 Å². The lowest BCUT2D eigenvalue weighted by atomic mass is 10.0. The number of fused-ring (bicyclic) bond motifs is 1. The zero-order chi connectivity index (χ0) is 15.0. The maximum atomic E-state index is 12.7. The van der Waals surface area contributed by atoms with E-state index in [0.29, 0.717) is 40.3 Å². The zero-order valence-corrected chi connectivity index (χ0v) is 15.4. The standard InChI is InChI=1S/C15H9Br3O3/c16-9-3-8(4-10(17)5-9)15(19)11-6-13-14(7-12(11)18)21-2-1-20-13/h3-7H,1-2H2. The van der Waals surface area contributed by atoms with Crippen molar-refractivity contribution in [3.8, 4) is 11.5 Å². The molecule has 2 aromatic rings. The quantitative estimate of drug-likeness (QED) is 0.574. The summed E-state index contributed by atoms with van der Waals surface area (Å²) < 4.78 is 13.4. The van der Waals surface area contributed by atoms with Crippen LogP contribution in [0, 0.1) is 0 Å². The van der Waals surface area contributed by atoms with E-state index in [0.717, 1.165) is 8.95 Å². The SMILES string of the molecule is O=C(c1cc(Br)cc(Br)c1)c1cc2c(cc1Br)OCCO2. The van der Waals surface area contributed by atoms with Crippen molar-refractivity contribution in [1.29, 1.82) is 0 Å². The summed E-state index contributed by atoms with van der Waals surface area (Å²) in [4.78, 5) is 12.7. The number of benzene rings is 2. The van der Waals surface area contributed by atoms with Crippen molar-refractivity contribution in [2.45, 2.75) is 0 Å². The first-order valence-corrected chi connectivity index (χ1v) is 8.52. The van der Waals surface area contributed by atoms with Crippen LogP contribution in [0.1, 0.15) is 15.9 Å². The largest absolute Gasteiger partial charge is 0.486 e. The number of carbonyl (C=O) groups excluding carboxylic acids is 1. The Morgan fingerprint density at radius 3 is 2.05 bits per heavy atom. The molecular weight excluding hydrogens is 468 g/mol. The molecule has 21 heavy (non-hydrogen) atoms. The number of hydrogen-bond donors (Lipinski definition) is 0. The van der Waals surface area contributed by atoms with Gasteiger partial charge in [0, 0.05) is 24.5 Å². The molecule has 0 radical (unpaired) electrons. The van der Waals surface area contributed by atoms with Gasteiger partial charge in [-0.25, -0.2) is 0 Å². The van der Waals surface area contributed by atoms with Gasteiger partial charge in [0.25, 0.3) is 0 Å². The molecule has 2 aromatic carbocycles. The molecule has 1 aliphatic heterocycles. The van der Waals surface area contributed by atoms with Crippen molar-refractivity contribution in [3.05, 3.63) is 54.9 Å². The fraction of sp³-hybridized carbons (Fsp3) is 0.133. The molecule has 3 nitrogen and oxygen atoms in total. The van der Waals surface area contributed by atoms with Crippen LogP contribution in [0.4, 0.5) is 0 Å². The Balaban J connectivity index is 2.05. The van der Waals surface area contributed by atoms with Gasteiger partial charge in [0.2, 0.25) is 0 Å². The van der Waals surface area contributed by atoms with Crippen molar-refractivity contribution in [1.82, 2.24) is 0 Å². The van der Waals surface area contributed by atoms with Gasteiger partial charge >= 0.3 is 0 Å². The Labute approximate surface area is 147 Å². The first-order chi connectivity index (χ1) is 10.0. The second-order valence-electron chi connectivity index (χ2n) is 4.46. The van der Waals surface area contributed by atoms with Crippen molar-refractivity contribution >= 4 is 53.6 Å². The number of hydrogen-bond acceptors (Lipinski definition) is 3. The first-order valence-electron chi connectivity index (χ1n) is 6.14. The smallest absolute Gasteiger partial charge is 0.194 e. The lowest BCUT2D eigenvalue weighted by molar-refractivity contribution is 0.103. The Kier molecular flexibility index (Phi) is 4.38. The van der Waals surface area contributed by atoms with E-state index in [1.807, 2.05) is 6.07 Å². The van der Waals surface area contributed by atoms with Gasteiger partial charge in [0.15, 0.2) is 17.3 Å². The summed E-state index contributed by atoms with van der Waals surface area (Å²) in [5.41, 5.74) is 1.14. The monoisotopic (exact) mass is 474 g/mol. The Hall–Kier alpha value is -0.850. The highest BCUT2D eigenvalue weighted by atomic mass is 79.9. The summed E-state index contributed by atoms with van der Waals surface area (Å²) >= 11 is 10.2. The molecular formula is C15H9Br3O3. The number of carbonyl (C=O) groups is 1. The van der Waals surface area contributed by atoms with Crippen molar-refractivity contribution in [3.63, 3.8) is 0 Å². The molecule has 0 aromatic heterocycles. The van der Waals surface area contributed by atoms with E-state index in [2.05, 4.69) is 47.8 Å². The number of ether oxygens (including phenoxy) is 2. The molecule has 1 heterocycles. The number of ketones is 1. The summed E-state index contributed by atoms with van der Waals surface area (Å²) in [5, 5.41) is 0. The highest BCUT2D eigenvalue weighted by Crippen LogP contribution is 2.36. The van der Waals surface area contributed by atoms with Crippen LogP contribution in [0.3, 0.4) is 0 Å². The molecule has 6 heteroatoms. The van der Waals surface area contributed by atoms with Crippen LogP contribution >= 0.6 is 47.8 Å². The summed E-state index contributed by atoms with van der Waals surface area (Å²) in [5.74, 6) is 1.17. The van der Waals surface area contributed by atoms with Crippen LogP contribution in [-0.2, 0) is 0 Å². The van der Waals surface area contributed by atoms with Crippen LogP contribution in [-0.4, -0.2) is 19.0 Å². The van der Waals surface area contributed by atoms with E-state index < -0.39 is 0 Å². The molecule has 1 aliphatic rings. The van der Waals surface area contributed by atoms with E-state index in [4.69, 9.17) is 9.47 Å². The van der Waals surface area contributed by atoms with Crippen molar-refractivity contribution in [2.24, 2.45) is 0 Å². The van der Waals surface area contributed by atoms with E-state index >= 15 is 0 Å². The van der Waals surface area contributed by atoms with Gasteiger partial charge in [0.1, 0.15) is 13.2 Å². The van der Waals surface area contributed by atoms with Crippen LogP contribution in [0.2, 0.25) is 0 Å². The second kappa shape index (κ2) is 6.10. The van der Waals surface area contributed by atoms with Crippen LogP contribution in [0.25, 0.3) is 0 Å². The molecule has 0 unspecified atom stereocenters. The van der Waals surface area contributed by atoms with E-state index in [1.165, 1.54) is 0 Å². The lowest BCUT2D eigenvalue weighted by Crippen LogP contribution is -2.16. The van der Waals surface area contributed by atoms with Gasteiger partial charge in [-0.15, -0.1) is 0 Å². The van der Waals surface area contributed by atoms with Gasteiger partial charge in [-0.3, -0.25) is 4.79 Å². The molecule has 0 amide bonds. The molecule has 0 N–H and O–H groups in total. The predicted molar refractivity (Wildman–Crippen MR) is 90.4 cm³/mol. The van der Waals surface area contributed by atoms with E-state index in [9.17, 15) is 4.79 Å². The van der Waals surface area contributed by atoms with Crippen molar-refractivity contribution < 1.29 is 14.3 Å². The molecule has 3 rings (SSSR count). The minimum absolute atomic E-state index is 0.0825. The second-order valence-corrected chi connectivity index (χ2v) is 7.15. The van der Waals surface area contributed by atoms with Crippen LogP contribution < -0.4 is 9.47 Å². The zero-order valence-electron chi connectivity index (χ0n) is 10.7.